The van der Waals surface area contributed by atoms with Crippen molar-refractivity contribution in [3.8, 4) is 11.1 Å². The number of rotatable bonds is 4. The van der Waals surface area contributed by atoms with Gasteiger partial charge in [0.05, 0.1) is 19.4 Å². The van der Waals surface area contributed by atoms with E-state index in [-0.39, 0.29) is 17.8 Å². The summed E-state index contributed by atoms with van der Waals surface area (Å²) in [5.74, 6) is -0.112. The van der Waals surface area contributed by atoms with E-state index in [2.05, 4.69) is 24.3 Å². The molecule has 1 amide bonds. The molecule has 0 atom stereocenters. The fraction of sp³-hybridized carbons (Fsp3) is 0.333. The van der Waals surface area contributed by atoms with Crippen molar-refractivity contribution in [1.29, 1.82) is 0 Å². The highest BCUT2D eigenvalue weighted by Gasteiger charge is 2.27. The third-order valence-electron chi connectivity index (χ3n) is 4.80. The smallest absolute Gasteiger partial charge is 0.308 e. The van der Waals surface area contributed by atoms with Gasteiger partial charge in [-0.2, -0.15) is 0 Å². The average Bonchev–Trinajstić information content (AvgIpc) is 2.68. The fourth-order valence-electron chi connectivity index (χ4n) is 3.26. The molecule has 0 aromatic heterocycles. The summed E-state index contributed by atoms with van der Waals surface area (Å²) in [6.45, 7) is 1.25. The second-order valence-corrected chi connectivity index (χ2v) is 6.42. The van der Waals surface area contributed by atoms with Crippen LogP contribution in [-0.2, 0) is 20.7 Å². The Morgan fingerprint density at radius 1 is 0.960 bits per heavy atom. The minimum Gasteiger partial charge on any atom is -0.469 e. The third-order valence-corrected chi connectivity index (χ3v) is 4.80. The van der Waals surface area contributed by atoms with Gasteiger partial charge in [0.25, 0.3) is 0 Å². The molecule has 4 nitrogen and oxygen atoms in total. The molecule has 2 aromatic rings. The number of amides is 1. The first kappa shape index (κ1) is 17.2. The number of benzene rings is 2. The molecule has 1 aliphatic rings. The van der Waals surface area contributed by atoms with Gasteiger partial charge in [-0.15, -0.1) is 0 Å². The SMILES string of the molecule is COC(=O)C1CCN(C(=O)Cc2ccc(-c3ccccc3)cc2)CC1. The zero-order chi connectivity index (χ0) is 17.6. The Kier molecular flexibility index (Phi) is 5.49. The molecule has 0 bridgehead atoms. The Hall–Kier alpha value is -2.62. The number of hydrogen-bond donors (Lipinski definition) is 0. The lowest BCUT2D eigenvalue weighted by Gasteiger charge is -2.30. The van der Waals surface area contributed by atoms with Gasteiger partial charge < -0.3 is 9.64 Å². The summed E-state index contributed by atoms with van der Waals surface area (Å²) in [6, 6.07) is 18.3. The van der Waals surface area contributed by atoms with E-state index < -0.39 is 0 Å². The maximum atomic E-state index is 12.5. The third kappa shape index (κ3) is 4.27. The molecule has 0 saturated carbocycles. The van der Waals surface area contributed by atoms with E-state index in [4.69, 9.17) is 4.74 Å². The molecule has 3 rings (SSSR count). The molecule has 4 heteroatoms. The van der Waals surface area contributed by atoms with Crippen molar-refractivity contribution >= 4 is 11.9 Å². The van der Waals surface area contributed by atoms with Gasteiger partial charge in [0.1, 0.15) is 0 Å². The van der Waals surface area contributed by atoms with Crippen LogP contribution in [0.3, 0.4) is 0 Å². The van der Waals surface area contributed by atoms with Crippen molar-refractivity contribution in [2.24, 2.45) is 5.92 Å². The van der Waals surface area contributed by atoms with Crippen LogP contribution >= 0.6 is 0 Å². The number of ether oxygens (including phenoxy) is 1. The van der Waals surface area contributed by atoms with Crippen LogP contribution in [0.5, 0.6) is 0 Å². The first-order chi connectivity index (χ1) is 12.2. The number of carbonyl (C=O) groups excluding carboxylic acids is 2. The summed E-state index contributed by atoms with van der Waals surface area (Å²) in [5, 5.41) is 0. The molecular formula is C21H23NO3. The van der Waals surface area contributed by atoms with Gasteiger partial charge in [-0.1, -0.05) is 54.6 Å². The van der Waals surface area contributed by atoms with Crippen LogP contribution in [0.25, 0.3) is 11.1 Å². The van der Waals surface area contributed by atoms with Gasteiger partial charge in [0.15, 0.2) is 0 Å². The zero-order valence-corrected chi connectivity index (χ0v) is 14.5. The minimum atomic E-state index is -0.163. The average molecular weight is 337 g/mol. The van der Waals surface area contributed by atoms with Gasteiger partial charge in [0, 0.05) is 13.1 Å². The Morgan fingerprint density at radius 3 is 2.16 bits per heavy atom. The Bertz CT molecular complexity index is 717. The number of nitrogens with zero attached hydrogens (tertiary/aromatic N) is 1. The molecule has 1 saturated heterocycles. The second kappa shape index (κ2) is 7.97. The largest absolute Gasteiger partial charge is 0.469 e. The first-order valence-corrected chi connectivity index (χ1v) is 8.67. The van der Waals surface area contributed by atoms with E-state index in [1.807, 2.05) is 35.2 Å². The Morgan fingerprint density at radius 2 is 1.56 bits per heavy atom. The highest BCUT2D eigenvalue weighted by Crippen LogP contribution is 2.21. The summed E-state index contributed by atoms with van der Waals surface area (Å²) in [6.07, 6.45) is 1.77. The summed E-state index contributed by atoms with van der Waals surface area (Å²) < 4.78 is 4.79. The maximum absolute atomic E-state index is 12.5. The minimum absolute atomic E-state index is 0.0702. The highest BCUT2D eigenvalue weighted by molar-refractivity contribution is 5.80. The molecule has 1 fully saturated rings. The Balaban J connectivity index is 1.56. The maximum Gasteiger partial charge on any atom is 0.308 e. The van der Waals surface area contributed by atoms with E-state index in [0.29, 0.717) is 32.4 Å². The van der Waals surface area contributed by atoms with Crippen molar-refractivity contribution in [3.05, 3.63) is 60.2 Å². The van der Waals surface area contributed by atoms with Crippen molar-refractivity contribution in [3.63, 3.8) is 0 Å². The number of methoxy groups -OCH3 is 1. The summed E-state index contributed by atoms with van der Waals surface area (Å²) in [5.41, 5.74) is 3.33. The van der Waals surface area contributed by atoms with E-state index >= 15 is 0 Å². The second-order valence-electron chi connectivity index (χ2n) is 6.42. The molecule has 0 unspecified atom stereocenters. The van der Waals surface area contributed by atoms with E-state index in [9.17, 15) is 9.59 Å². The van der Waals surface area contributed by atoms with E-state index in [1.165, 1.54) is 12.7 Å². The molecule has 1 heterocycles. The van der Waals surface area contributed by atoms with Crippen molar-refractivity contribution in [2.45, 2.75) is 19.3 Å². The monoisotopic (exact) mass is 337 g/mol. The van der Waals surface area contributed by atoms with Gasteiger partial charge in [-0.3, -0.25) is 9.59 Å². The number of carbonyl (C=O) groups is 2. The van der Waals surface area contributed by atoms with Crippen LogP contribution in [0, 0.1) is 5.92 Å². The van der Waals surface area contributed by atoms with Crippen LogP contribution in [-0.4, -0.2) is 37.0 Å². The lowest BCUT2D eigenvalue weighted by molar-refractivity contribution is -0.148. The predicted octanol–water partition coefficient (Wildman–Crippen LogP) is 3.31. The van der Waals surface area contributed by atoms with Gasteiger partial charge >= 0.3 is 5.97 Å². The number of hydrogen-bond acceptors (Lipinski definition) is 3. The summed E-state index contributed by atoms with van der Waals surface area (Å²) >= 11 is 0. The van der Waals surface area contributed by atoms with Crippen molar-refractivity contribution in [1.82, 2.24) is 4.90 Å². The zero-order valence-electron chi connectivity index (χ0n) is 14.5. The molecule has 0 radical (unpaired) electrons. The molecule has 2 aromatic carbocycles. The Labute approximate surface area is 148 Å². The standard InChI is InChI=1S/C21H23NO3/c1-25-21(24)19-11-13-22(14-12-19)20(23)15-16-7-9-18(10-8-16)17-5-3-2-4-6-17/h2-10,19H,11-15H2,1H3. The molecule has 0 N–H and O–H groups in total. The molecule has 25 heavy (non-hydrogen) atoms. The first-order valence-electron chi connectivity index (χ1n) is 8.67. The topological polar surface area (TPSA) is 46.6 Å². The number of esters is 1. The van der Waals surface area contributed by atoms with Crippen LogP contribution in [0.1, 0.15) is 18.4 Å². The highest BCUT2D eigenvalue weighted by atomic mass is 16.5. The number of piperidine rings is 1. The van der Waals surface area contributed by atoms with Crippen LogP contribution in [0.2, 0.25) is 0 Å². The lowest BCUT2D eigenvalue weighted by atomic mass is 9.96. The fourth-order valence-corrected chi connectivity index (χ4v) is 3.26. The molecule has 0 spiro atoms. The molecular weight excluding hydrogens is 314 g/mol. The van der Waals surface area contributed by atoms with Crippen LogP contribution in [0.15, 0.2) is 54.6 Å². The summed E-state index contributed by atoms with van der Waals surface area (Å²) in [7, 11) is 1.42. The molecule has 1 aliphatic heterocycles. The van der Waals surface area contributed by atoms with Crippen LogP contribution in [0.4, 0.5) is 0 Å². The van der Waals surface area contributed by atoms with E-state index in [1.54, 1.807) is 0 Å². The van der Waals surface area contributed by atoms with Gasteiger partial charge in [-0.25, -0.2) is 0 Å². The quantitative estimate of drug-likeness (QED) is 0.804. The van der Waals surface area contributed by atoms with Crippen molar-refractivity contribution in [2.75, 3.05) is 20.2 Å². The van der Waals surface area contributed by atoms with Gasteiger partial charge in [0.2, 0.25) is 5.91 Å². The van der Waals surface area contributed by atoms with E-state index in [0.717, 1.165) is 11.1 Å². The lowest BCUT2D eigenvalue weighted by Crippen LogP contribution is -2.41. The normalized spacial score (nSPS) is 15.0. The predicted molar refractivity (Wildman–Crippen MR) is 96.9 cm³/mol. The van der Waals surface area contributed by atoms with Crippen LogP contribution < -0.4 is 0 Å². The number of likely N-dealkylation sites (tertiary alicyclic amines) is 1. The molecule has 130 valence electrons. The summed E-state index contributed by atoms with van der Waals surface area (Å²) in [4.78, 5) is 25.9. The van der Waals surface area contributed by atoms with Crippen molar-refractivity contribution < 1.29 is 14.3 Å². The molecule has 0 aliphatic carbocycles. The van der Waals surface area contributed by atoms with Gasteiger partial charge in [-0.05, 0) is 29.5 Å².